The van der Waals surface area contributed by atoms with Crippen LogP contribution in [0.1, 0.15) is 31.7 Å². The zero-order valence-electron chi connectivity index (χ0n) is 10.1. The number of phenols is 1. The predicted octanol–water partition coefficient (Wildman–Crippen LogP) is 2.74. The molecule has 16 heavy (non-hydrogen) atoms. The van der Waals surface area contributed by atoms with Crippen LogP contribution in [0.4, 0.5) is 0 Å². The lowest BCUT2D eigenvalue weighted by molar-refractivity contribution is 0.362. The minimum absolute atomic E-state index is 0.383. The second kappa shape index (κ2) is 4.88. The second-order valence-corrected chi connectivity index (χ2v) is 5.12. The van der Waals surface area contributed by atoms with Gasteiger partial charge in [0.15, 0.2) is 0 Å². The average molecular weight is 219 g/mol. The molecule has 1 heterocycles. The first-order chi connectivity index (χ1) is 7.68. The number of hydrogen-bond donors (Lipinski definition) is 2. The number of hydrogen-bond acceptors (Lipinski definition) is 2. The molecule has 0 aromatic heterocycles. The summed E-state index contributed by atoms with van der Waals surface area (Å²) in [4.78, 5) is 0. The molecule has 0 spiro atoms. The summed E-state index contributed by atoms with van der Waals surface area (Å²) in [6.07, 6.45) is 1.25. The van der Waals surface area contributed by atoms with Crippen molar-refractivity contribution in [3.05, 3.63) is 29.8 Å². The summed E-state index contributed by atoms with van der Waals surface area (Å²) in [6, 6.07) is 7.75. The molecule has 0 saturated carbocycles. The van der Waals surface area contributed by atoms with Crippen LogP contribution < -0.4 is 5.32 Å². The van der Waals surface area contributed by atoms with E-state index in [0.717, 1.165) is 13.1 Å². The summed E-state index contributed by atoms with van der Waals surface area (Å²) in [5.41, 5.74) is 1.28. The van der Waals surface area contributed by atoms with Crippen LogP contribution in [0.25, 0.3) is 0 Å². The van der Waals surface area contributed by atoms with Crippen molar-refractivity contribution in [1.29, 1.82) is 0 Å². The van der Waals surface area contributed by atoms with Gasteiger partial charge in [0.1, 0.15) is 5.75 Å². The van der Waals surface area contributed by atoms with Crippen molar-refractivity contribution < 1.29 is 5.11 Å². The third kappa shape index (κ3) is 2.38. The highest BCUT2D eigenvalue weighted by Gasteiger charge is 2.28. The molecule has 88 valence electrons. The molecule has 2 rings (SSSR count). The lowest BCUT2D eigenvalue weighted by atomic mass is 9.78. The molecule has 2 atom stereocenters. The van der Waals surface area contributed by atoms with Gasteiger partial charge < -0.3 is 10.4 Å². The lowest BCUT2D eigenvalue weighted by Gasteiger charge is -2.27. The van der Waals surface area contributed by atoms with Gasteiger partial charge in [-0.15, -0.1) is 0 Å². The first-order valence-corrected chi connectivity index (χ1v) is 6.18. The molecule has 0 aliphatic carbocycles. The maximum Gasteiger partial charge on any atom is 0.115 e. The predicted molar refractivity (Wildman–Crippen MR) is 66.7 cm³/mol. The summed E-state index contributed by atoms with van der Waals surface area (Å²) in [5.74, 6) is 2.27. The van der Waals surface area contributed by atoms with Gasteiger partial charge >= 0.3 is 0 Å². The van der Waals surface area contributed by atoms with Crippen molar-refractivity contribution in [3.8, 4) is 5.75 Å². The van der Waals surface area contributed by atoms with Crippen LogP contribution >= 0.6 is 0 Å². The van der Waals surface area contributed by atoms with Crippen LogP contribution in [0.2, 0.25) is 0 Å². The summed E-state index contributed by atoms with van der Waals surface area (Å²) in [5, 5.41) is 13.0. The molecule has 0 radical (unpaired) electrons. The van der Waals surface area contributed by atoms with Crippen molar-refractivity contribution in [3.63, 3.8) is 0 Å². The molecule has 1 fully saturated rings. The van der Waals surface area contributed by atoms with Gasteiger partial charge in [-0.05, 0) is 55.0 Å². The molecule has 1 aliphatic heterocycles. The van der Waals surface area contributed by atoms with Gasteiger partial charge in [0.05, 0.1) is 0 Å². The molecule has 2 heteroatoms. The zero-order chi connectivity index (χ0) is 11.5. The van der Waals surface area contributed by atoms with Gasteiger partial charge in [0, 0.05) is 0 Å². The SMILES string of the molecule is CC(C)C(c1cccc(O)c1)C1CCNC1. The van der Waals surface area contributed by atoms with Crippen LogP contribution in [0.3, 0.4) is 0 Å². The largest absolute Gasteiger partial charge is 0.508 e. The van der Waals surface area contributed by atoms with Gasteiger partial charge in [-0.25, -0.2) is 0 Å². The topological polar surface area (TPSA) is 32.3 Å². The Balaban J connectivity index is 2.24. The van der Waals surface area contributed by atoms with Crippen LogP contribution in [0.5, 0.6) is 5.75 Å². The second-order valence-electron chi connectivity index (χ2n) is 5.12. The average Bonchev–Trinajstić information content (AvgIpc) is 2.71. The van der Waals surface area contributed by atoms with Crippen LogP contribution in [-0.2, 0) is 0 Å². The Morgan fingerprint density at radius 2 is 2.19 bits per heavy atom. The Bertz CT molecular complexity index is 342. The molecule has 1 aromatic carbocycles. The van der Waals surface area contributed by atoms with Crippen LogP contribution in [-0.4, -0.2) is 18.2 Å². The maximum absolute atomic E-state index is 9.57. The molecular formula is C14H21NO. The van der Waals surface area contributed by atoms with Gasteiger partial charge in [-0.2, -0.15) is 0 Å². The highest BCUT2D eigenvalue weighted by atomic mass is 16.3. The molecule has 2 N–H and O–H groups in total. The standard InChI is InChI=1S/C14H21NO/c1-10(2)14(12-6-7-15-9-12)11-4-3-5-13(16)8-11/h3-5,8,10,12,14-16H,6-7,9H2,1-2H3. The van der Waals surface area contributed by atoms with Crippen molar-refractivity contribution in [2.45, 2.75) is 26.2 Å². The van der Waals surface area contributed by atoms with E-state index in [1.54, 1.807) is 6.07 Å². The molecule has 0 bridgehead atoms. The van der Waals surface area contributed by atoms with E-state index in [4.69, 9.17) is 0 Å². The number of nitrogens with one attached hydrogen (secondary N) is 1. The van der Waals surface area contributed by atoms with Crippen molar-refractivity contribution in [2.24, 2.45) is 11.8 Å². The normalized spacial score (nSPS) is 22.6. The van der Waals surface area contributed by atoms with E-state index in [9.17, 15) is 5.11 Å². The number of benzene rings is 1. The smallest absolute Gasteiger partial charge is 0.115 e. The molecule has 1 aromatic rings. The number of rotatable bonds is 3. The van der Waals surface area contributed by atoms with Crippen molar-refractivity contribution >= 4 is 0 Å². The van der Waals surface area contributed by atoms with E-state index < -0.39 is 0 Å². The minimum atomic E-state index is 0.383. The summed E-state index contributed by atoms with van der Waals surface area (Å²) in [7, 11) is 0. The Kier molecular flexibility index (Phi) is 3.49. The Morgan fingerprint density at radius 3 is 2.75 bits per heavy atom. The number of phenolic OH excluding ortho intramolecular Hbond substituents is 1. The number of aromatic hydroxyl groups is 1. The third-order valence-electron chi connectivity index (χ3n) is 3.58. The molecule has 2 nitrogen and oxygen atoms in total. The Morgan fingerprint density at radius 1 is 1.38 bits per heavy atom. The van der Waals surface area contributed by atoms with Gasteiger partial charge in [-0.3, -0.25) is 0 Å². The third-order valence-corrected chi connectivity index (χ3v) is 3.58. The van der Waals surface area contributed by atoms with E-state index >= 15 is 0 Å². The summed E-state index contributed by atoms with van der Waals surface area (Å²) in [6.45, 7) is 6.78. The summed E-state index contributed by atoms with van der Waals surface area (Å²) < 4.78 is 0. The van der Waals surface area contributed by atoms with E-state index in [1.807, 2.05) is 12.1 Å². The van der Waals surface area contributed by atoms with Crippen LogP contribution in [0.15, 0.2) is 24.3 Å². The van der Waals surface area contributed by atoms with Gasteiger partial charge in [0.25, 0.3) is 0 Å². The fourth-order valence-electron chi connectivity index (χ4n) is 2.92. The molecule has 1 aliphatic rings. The Labute approximate surface area is 97.7 Å². The molecule has 0 amide bonds. The highest BCUT2D eigenvalue weighted by molar-refractivity contribution is 5.30. The monoisotopic (exact) mass is 219 g/mol. The van der Waals surface area contributed by atoms with Crippen molar-refractivity contribution in [1.82, 2.24) is 5.32 Å². The minimum Gasteiger partial charge on any atom is -0.508 e. The maximum atomic E-state index is 9.57. The van der Waals surface area contributed by atoms with Gasteiger partial charge in [-0.1, -0.05) is 26.0 Å². The first kappa shape index (κ1) is 11.5. The van der Waals surface area contributed by atoms with E-state index in [-0.39, 0.29) is 0 Å². The lowest BCUT2D eigenvalue weighted by Crippen LogP contribution is -2.20. The Hall–Kier alpha value is -1.02. The highest BCUT2D eigenvalue weighted by Crippen LogP contribution is 2.36. The van der Waals surface area contributed by atoms with Gasteiger partial charge in [0.2, 0.25) is 0 Å². The molecule has 2 unspecified atom stereocenters. The summed E-state index contributed by atoms with van der Waals surface area (Å²) >= 11 is 0. The quantitative estimate of drug-likeness (QED) is 0.819. The fourth-order valence-corrected chi connectivity index (χ4v) is 2.92. The fraction of sp³-hybridized carbons (Fsp3) is 0.571. The molecular weight excluding hydrogens is 198 g/mol. The van der Waals surface area contributed by atoms with Crippen LogP contribution in [0, 0.1) is 11.8 Å². The van der Waals surface area contributed by atoms with E-state index in [0.29, 0.717) is 23.5 Å². The van der Waals surface area contributed by atoms with E-state index in [2.05, 4.69) is 25.2 Å². The zero-order valence-corrected chi connectivity index (χ0v) is 10.1. The van der Waals surface area contributed by atoms with Crippen molar-refractivity contribution in [2.75, 3.05) is 13.1 Å². The van der Waals surface area contributed by atoms with E-state index in [1.165, 1.54) is 12.0 Å². The first-order valence-electron chi connectivity index (χ1n) is 6.18. The molecule has 1 saturated heterocycles.